The van der Waals surface area contributed by atoms with Gasteiger partial charge in [0.1, 0.15) is 0 Å². The van der Waals surface area contributed by atoms with Gasteiger partial charge in [0, 0.05) is 40.1 Å². The molecular weight excluding hydrogens is 258 g/mol. The van der Waals surface area contributed by atoms with E-state index >= 15 is 0 Å². The fourth-order valence-corrected chi connectivity index (χ4v) is 3.41. The third-order valence-corrected chi connectivity index (χ3v) is 4.69. The number of rotatable bonds is 2. The third kappa shape index (κ3) is 1.99. The summed E-state index contributed by atoms with van der Waals surface area (Å²) < 4.78 is 1.99. The molecule has 1 fully saturated rings. The summed E-state index contributed by atoms with van der Waals surface area (Å²) >= 11 is 6.04. The molecule has 0 spiro atoms. The van der Waals surface area contributed by atoms with Gasteiger partial charge in [-0.25, -0.2) is 0 Å². The highest BCUT2D eigenvalue weighted by atomic mass is 35.5. The van der Waals surface area contributed by atoms with Crippen molar-refractivity contribution in [1.29, 1.82) is 0 Å². The first-order chi connectivity index (χ1) is 9.01. The first-order valence-corrected chi connectivity index (χ1v) is 7.18. The normalized spacial score (nSPS) is 18.1. The highest BCUT2D eigenvalue weighted by molar-refractivity contribution is 6.31. The van der Waals surface area contributed by atoms with E-state index in [1.807, 2.05) is 36.0 Å². The van der Waals surface area contributed by atoms with Crippen molar-refractivity contribution in [2.45, 2.75) is 32.6 Å². The number of carbonyl (C=O) groups is 1. The van der Waals surface area contributed by atoms with Gasteiger partial charge in [0.25, 0.3) is 0 Å². The Hall–Kier alpha value is -1.28. The molecule has 2 nitrogen and oxygen atoms in total. The summed E-state index contributed by atoms with van der Waals surface area (Å²) in [5.41, 5.74) is 1.70. The number of hydrogen-bond donors (Lipinski definition) is 0. The molecule has 0 radical (unpaired) electrons. The molecule has 1 aromatic carbocycles. The Labute approximate surface area is 118 Å². The number of nitrogens with zero attached hydrogens (tertiary/aromatic N) is 1. The molecule has 0 aliphatic heterocycles. The van der Waals surface area contributed by atoms with E-state index in [9.17, 15) is 4.79 Å². The molecule has 1 aliphatic carbocycles. The molecule has 1 saturated carbocycles. The zero-order valence-corrected chi connectivity index (χ0v) is 12.1. The Morgan fingerprint density at radius 3 is 2.68 bits per heavy atom. The highest BCUT2D eigenvalue weighted by Crippen LogP contribution is 2.41. The first kappa shape index (κ1) is 12.7. The van der Waals surface area contributed by atoms with Crippen molar-refractivity contribution >= 4 is 28.3 Å². The number of carbonyl (C=O) groups excluding carboxylic acids is 1. The molecule has 0 N–H and O–H groups in total. The van der Waals surface area contributed by atoms with Crippen molar-refractivity contribution in [2.75, 3.05) is 0 Å². The van der Waals surface area contributed by atoms with Crippen LogP contribution in [0.3, 0.4) is 0 Å². The molecule has 2 aromatic rings. The van der Waals surface area contributed by atoms with Crippen LogP contribution in [0.15, 0.2) is 24.4 Å². The number of Topliss-reactive ketones (excluding diaryl/α,β-unsaturated/α-hetero) is 1. The molecule has 0 bridgehead atoms. The van der Waals surface area contributed by atoms with Crippen molar-refractivity contribution in [3.05, 3.63) is 35.0 Å². The largest absolute Gasteiger partial charge is 0.350 e. The van der Waals surface area contributed by atoms with E-state index in [0.29, 0.717) is 5.02 Å². The fourth-order valence-electron chi connectivity index (χ4n) is 3.25. The lowest BCUT2D eigenvalue weighted by atomic mass is 9.81. The quantitative estimate of drug-likeness (QED) is 0.735. The second-order valence-electron chi connectivity index (χ2n) is 5.91. The monoisotopic (exact) mass is 275 g/mol. The van der Waals surface area contributed by atoms with Gasteiger partial charge in [-0.05, 0) is 25.0 Å². The molecule has 0 unspecified atom stereocenters. The summed E-state index contributed by atoms with van der Waals surface area (Å²) in [7, 11) is 1.96. The van der Waals surface area contributed by atoms with Gasteiger partial charge < -0.3 is 4.57 Å². The lowest BCUT2D eigenvalue weighted by Gasteiger charge is -2.21. The topological polar surface area (TPSA) is 22.0 Å². The van der Waals surface area contributed by atoms with Gasteiger partial charge in [0.2, 0.25) is 0 Å². The minimum atomic E-state index is -0.173. The molecule has 1 aliphatic rings. The van der Waals surface area contributed by atoms with Crippen LogP contribution < -0.4 is 0 Å². The summed E-state index contributed by atoms with van der Waals surface area (Å²) in [4.78, 5) is 12.8. The Kier molecular flexibility index (Phi) is 2.94. The Bertz CT molecular complexity index is 650. The number of benzene rings is 1. The van der Waals surface area contributed by atoms with Crippen LogP contribution in [0.25, 0.3) is 10.9 Å². The minimum absolute atomic E-state index is 0.173. The van der Waals surface area contributed by atoms with Crippen molar-refractivity contribution in [2.24, 2.45) is 12.5 Å². The Morgan fingerprint density at radius 2 is 2.00 bits per heavy atom. The highest BCUT2D eigenvalue weighted by Gasteiger charge is 2.37. The van der Waals surface area contributed by atoms with E-state index < -0.39 is 0 Å². The van der Waals surface area contributed by atoms with Crippen LogP contribution in [0.5, 0.6) is 0 Å². The van der Waals surface area contributed by atoms with Gasteiger partial charge in [-0.15, -0.1) is 0 Å². The molecule has 3 rings (SSSR count). The summed E-state index contributed by atoms with van der Waals surface area (Å²) in [5, 5.41) is 1.73. The number of halogens is 1. The van der Waals surface area contributed by atoms with Gasteiger partial charge in [-0.2, -0.15) is 0 Å². The SMILES string of the molecule is Cn1cc(C(=O)C2(C)CCCC2)c2ccc(Cl)cc21. The van der Waals surface area contributed by atoms with Crippen LogP contribution in [0.4, 0.5) is 0 Å². The van der Waals surface area contributed by atoms with Crippen LogP contribution in [0.2, 0.25) is 5.02 Å². The number of ketones is 1. The fraction of sp³-hybridized carbons (Fsp3) is 0.438. The summed E-state index contributed by atoms with van der Waals surface area (Å²) in [5.74, 6) is 0.290. The Balaban J connectivity index is 2.13. The zero-order chi connectivity index (χ0) is 13.6. The van der Waals surface area contributed by atoms with E-state index in [2.05, 4.69) is 6.92 Å². The molecule has 1 heterocycles. The summed E-state index contributed by atoms with van der Waals surface area (Å²) in [6.45, 7) is 2.11. The van der Waals surface area contributed by atoms with E-state index in [1.165, 1.54) is 12.8 Å². The summed E-state index contributed by atoms with van der Waals surface area (Å²) in [6, 6.07) is 5.74. The predicted octanol–water partition coefficient (Wildman–Crippen LogP) is 4.59. The van der Waals surface area contributed by atoms with Crippen LogP contribution in [0.1, 0.15) is 43.0 Å². The van der Waals surface area contributed by atoms with Gasteiger partial charge in [-0.3, -0.25) is 4.79 Å². The maximum Gasteiger partial charge on any atom is 0.170 e. The molecule has 19 heavy (non-hydrogen) atoms. The van der Waals surface area contributed by atoms with E-state index in [1.54, 1.807) is 0 Å². The zero-order valence-electron chi connectivity index (χ0n) is 11.4. The van der Waals surface area contributed by atoms with Crippen LogP contribution >= 0.6 is 11.6 Å². The van der Waals surface area contributed by atoms with Crippen LogP contribution in [0, 0.1) is 5.41 Å². The number of fused-ring (bicyclic) bond motifs is 1. The first-order valence-electron chi connectivity index (χ1n) is 6.81. The minimum Gasteiger partial charge on any atom is -0.350 e. The number of aromatic nitrogens is 1. The predicted molar refractivity (Wildman–Crippen MR) is 78.8 cm³/mol. The van der Waals surface area contributed by atoms with Crippen LogP contribution in [-0.4, -0.2) is 10.4 Å². The lowest BCUT2D eigenvalue weighted by Crippen LogP contribution is -2.24. The molecule has 1 aromatic heterocycles. The summed E-state index contributed by atoms with van der Waals surface area (Å²) in [6.07, 6.45) is 6.30. The van der Waals surface area contributed by atoms with Crippen LogP contribution in [-0.2, 0) is 7.05 Å². The second-order valence-corrected chi connectivity index (χ2v) is 6.35. The Morgan fingerprint density at radius 1 is 1.32 bits per heavy atom. The molecule has 100 valence electrons. The van der Waals surface area contributed by atoms with Crippen molar-refractivity contribution in [1.82, 2.24) is 4.57 Å². The standard InChI is InChI=1S/C16H18ClNO/c1-16(7-3-4-8-16)15(19)13-10-18(2)14-9-11(17)5-6-12(13)14/h5-6,9-10H,3-4,7-8H2,1-2H3. The smallest absolute Gasteiger partial charge is 0.170 e. The van der Waals surface area contributed by atoms with E-state index in [4.69, 9.17) is 11.6 Å². The molecular formula is C16H18ClNO. The second kappa shape index (κ2) is 4.38. The van der Waals surface area contributed by atoms with Gasteiger partial charge >= 0.3 is 0 Å². The average molecular weight is 276 g/mol. The number of aryl methyl sites for hydroxylation is 1. The van der Waals surface area contributed by atoms with Gasteiger partial charge in [-0.1, -0.05) is 37.4 Å². The molecule has 0 saturated heterocycles. The third-order valence-electron chi connectivity index (χ3n) is 4.45. The molecule has 0 amide bonds. The van der Waals surface area contributed by atoms with Crippen molar-refractivity contribution in [3.8, 4) is 0 Å². The van der Waals surface area contributed by atoms with Gasteiger partial charge in [0.15, 0.2) is 5.78 Å². The number of hydrogen-bond acceptors (Lipinski definition) is 1. The molecule has 3 heteroatoms. The maximum absolute atomic E-state index is 12.8. The maximum atomic E-state index is 12.8. The molecule has 0 atom stereocenters. The lowest BCUT2D eigenvalue weighted by molar-refractivity contribution is 0.0825. The van der Waals surface area contributed by atoms with E-state index in [0.717, 1.165) is 29.3 Å². The van der Waals surface area contributed by atoms with Gasteiger partial charge in [0.05, 0.1) is 0 Å². The van der Waals surface area contributed by atoms with Crippen molar-refractivity contribution < 1.29 is 4.79 Å². The van der Waals surface area contributed by atoms with E-state index in [-0.39, 0.29) is 11.2 Å². The van der Waals surface area contributed by atoms with Crippen molar-refractivity contribution in [3.63, 3.8) is 0 Å². The average Bonchev–Trinajstić information content (AvgIpc) is 2.95.